The fraction of sp³-hybridized carbons (Fsp3) is 0.632. The highest BCUT2D eigenvalue weighted by Crippen LogP contribution is 2.66. The summed E-state index contributed by atoms with van der Waals surface area (Å²) in [5.41, 5.74) is 2.33. The minimum atomic E-state index is 0.224. The molecule has 4 aliphatic rings. The van der Waals surface area contributed by atoms with Crippen LogP contribution in [0.5, 0.6) is 0 Å². The van der Waals surface area contributed by atoms with Gasteiger partial charge in [-0.2, -0.15) is 0 Å². The van der Waals surface area contributed by atoms with Gasteiger partial charge in [-0.05, 0) is 79.6 Å². The second-order valence-corrected chi connectivity index (χ2v) is 9.26. The van der Waals surface area contributed by atoms with Gasteiger partial charge in [-0.3, -0.25) is 0 Å². The Morgan fingerprint density at radius 3 is 2.23 bits per heavy atom. The molecule has 0 heterocycles. The number of para-hydroxylation sites is 1. The molecule has 22 heavy (non-hydrogen) atoms. The van der Waals surface area contributed by atoms with Crippen LogP contribution in [0.15, 0.2) is 30.3 Å². The van der Waals surface area contributed by atoms with Gasteiger partial charge >= 0.3 is 0 Å². The Morgan fingerprint density at radius 2 is 1.64 bits per heavy atom. The molecule has 4 fully saturated rings. The first kappa shape index (κ1) is 14.5. The zero-order chi connectivity index (χ0) is 15.4. The summed E-state index contributed by atoms with van der Waals surface area (Å²) in [7, 11) is 0. The summed E-state index contributed by atoms with van der Waals surface area (Å²) in [5, 5.41) is 7.90. The maximum Gasteiger partial charge on any atom is 0.171 e. The van der Waals surface area contributed by atoms with Crippen LogP contribution in [0.3, 0.4) is 0 Å². The molecule has 0 saturated heterocycles. The lowest BCUT2D eigenvalue weighted by Gasteiger charge is -2.65. The van der Waals surface area contributed by atoms with Crippen molar-refractivity contribution >= 4 is 23.0 Å². The second kappa shape index (κ2) is 4.70. The Hall–Kier alpha value is -1.09. The number of nitrogens with one attached hydrogen (secondary N) is 2. The molecule has 2 nitrogen and oxygen atoms in total. The lowest BCUT2D eigenvalue weighted by molar-refractivity contribution is -0.111. The largest absolute Gasteiger partial charge is 0.357 e. The van der Waals surface area contributed by atoms with Crippen molar-refractivity contribution in [3.05, 3.63) is 30.3 Å². The van der Waals surface area contributed by atoms with Crippen molar-refractivity contribution in [1.82, 2.24) is 5.32 Å². The van der Waals surface area contributed by atoms with Gasteiger partial charge in [0.05, 0.1) is 0 Å². The predicted octanol–water partition coefficient (Wildman–Crippen LogP) is 4.72. The Bertz CT molecular complexity index is 579. The van der Waals surface area contributed by atoms with Crippen molar-refractivity contribution < 1.29 is 0 Å². The highest BCUT2D eigenvalue weighted by atomic mass is 32.1. The maximum atomic E-state index is 5.62. The third-order valence-electron chi connectivity index (χ3n) is 6.04. The van der Waals surface area contributed by atoms with Crippen LogP contribution in [0.4, 0.5) is 5.69 Å². The van der Waals surface area contributed by atoms with Crippen molar-refractivity contribution in [3.8, 4) is 0 Å². The highest BCUT2D eigenvalue weighted by Gasteiger charge is 2.60. The summed E-state index contributed by atoms with van der Waals surface area (Å²) >= 11 is 5.62. The van der Waals surface area contributed by atoms with E-state index in [0.29, 0.717) is 10.8 Å². The minimum absolute atomic E-state index is 0.224. The Morgan fingerprint density at radius 1 is 1.00 bits per heavy atom. The topological polar surface area (TPSA) is 24.1 Å². The van der Waals surface area contributed by atoms with E-state index in [-0.39, 0.29) is 5.54 Å². The predicted molar refractivity (Wildman–Crippen MR) is 95.9 cm³/mol. The molecule has 0 aliphatic heterocycles. The number of thiocarbonyl (C=S) groups is 1. The van der Waals surface area contributed by atoms with Gasteiger partial charge in [0, 0.05) is 11.2 Å². The van der Waals surface area contributed by atoms with E-state index in [1.165, 1.54) is 38.5 Å². The van der Waals surface area contributed by atoms with Crippen LogP contribution in [-0.4, -0.2) is 10.7 Å². The SMILES string of the molecule is C[C@]12CC3CC(NC(=S)Nc4ccccc4)(C1)C[C@@](C)(C3)C2. The normalized spacial score (nSPS) is 42.2. The molecule has 4 saturated carbocycles. The summed E-state index contributed by atoms with van der Waals surface area (Å²) < 4.78 is 0. The quantitative estimate of drug-likeness (QED) is 0.772. The number of hydrogen-bond acceptors (Lipinski definition) is 1. The number of hydrogen-bond donors (Lipinski definition) is 2. The highest BCUT2D eigenvalue weighted by molar-refractivity contribution is 7.80. The van der Waals surface area contributed by atoms with Crippen molar-refractivity contribution in [2.45, 2.75) is 57.9 Å². The Kier molecular flexibility index (Phi) is 3.10. The average molecular weight is 314 g/mol. The first-order valence-corrected chi connectivity index (χ1v) is 8.93. The molecule has 0 amide bonds. The van der Waals surface area contributed by atoms with Gasteiger partial charge in [-0.15, -0.1) is 0 Å². The molecule has 2 unspecified atom stereocenters. The van der Waals surface area contributed by atoms with Gasteiger partial charge in [0.2, 0.25) is 0 Å². The first-order chi connectivity index (χ1) is 10.4. The fourth-order valence-corrected chi connectivity index (χ4v) is 6.85. The molecule has 2 N–H and O–H groups in total. The molecule has 3 heteroatoms. The zero-order valence-corrected chi connectivity index (χ0v) is 14.4. The standard InChI is InChI=1S/C19H26N2S/c1-17-8-14-9-18(2,11-17)13-19(10-14,12-17)21-16(22)20-15-6-4-3-5-7-15/h3-7,14H,8-13H2,1-2H3,(H2,20,21,22)/t14?,17-,18+,19?. The zero-order valence-electron chi connectivity index (χ0n) is 13.6. The smallest absolute Gasteiger partial charge is 0.171 e. The summed E-state index contributed by atoms with van der Waals surface area (Å²) in [6.45, 7) is 5.00. The van der Waals surface area contributed by atoms with Gasteiger partial charge in [-0.25, -0.2) is 0 Å². The Labute approximate surface area is 139 Å². The lowest BCUT2D eigenvalue weighted by atomic mass is 9.43. The monoisotopic (exact) mass is 314 g/mol. The molecule has 0 radical (unpaired) electrons. The van der Waals surface area contributed by atoms with Crippen molar-refractivity contribution in [2.24, 2.45) is 16.7 Å². The molecule has 0 aromatic heterocycles. The minimum Gasteiger partial charge on any atom is -0.357 e. The third kappa shape index (κ3) is 2.54. The van der Waals surface area contributed by atoms with Crippen LogP contribution >= 0.6 is 12.2 Å². The van der Waals surface area contributed by atoms with Crippen LogP contribution in [0.25, 0.3) is 0 Å². The lowest BCUT2D eigenvalue weighted by Crippen LogP contribution is -2.65. The number of anilines is 1. The van der Waals surface area contributed by atoms with Gasteiger partial charge in [0.15, 0.2) is 5.11 Å². The van der Waals surface area contributed by atoms with E-state index in [2.05, 4.69) is 36.6 Å². The Balaban J connectivity index is 1.51. The molecular formula is C19H26N2S. The second-order valence-electron chi connectivity index (χ2n) is 8.86. The molecule has 4 bridgehead atoms. The molecule has 4 atom stereocenters. The van der Waals surface area contributed by atoms with Crippen LogP contribution in [-0.2, 0) is 0 Å². The van der Waals surface area contributed by atoms with Gasteiger partial charge in [0.25, 0.3) is 0 Å². The van der Waals surface area contributed by atoms with E-state index in [0.717, 1.165) is 16.7 Å². The molecule has 118 valence electrons. The van der Waals surface area contributed by atoms with Crippen LogP contribution in [0.1, 0.15) is 52.4 Å². The number of benzene rings is 1. The molecule has 1 aromatic carbocycles. The maximum absolute atomic E-state index is 5.62. The summed E-state index contributed by atoms with van der Waals surface area (Å²) in [6, 6.07) is 10.2. The van der Waals surface area contributed by atoms with Gasteiger partial charge < -0.3 is 10.6 Å². The molecule has 0 spiro atoms. The molecule has 4 aliphatic carbocycles. The van der Waals surface area contributed by atoms with Gasteiger partial charge in [-0.1, -0.05) is 32.0 Å². The van der Waals surface area contributed by atoms with E-state index in [9.17, 15) is 0 Å². The summed E-state index contributed by atoms with van der Waals surface area (Å²) in [4.78, 5) is 0. The molecule has 1 aromatic rings. The summed E-state index contributed by atoms with van der Waals surface area (Å²) in [5.74, 6) is 0.887. The fourth-order valence-electron chi connectivity index (χ4n) is 6.51. The van der Waals surface area contributed by atoms with Crippen LogP contribution in [0.2, 0.25) is 0 Å². The van der Waals surface area contributed by atoms with Crippen LogP contribution in [0, 0.1) is 16.7 Å². The van der Waals surface area contributed by atoms with E-state index in [1.807, 2.05) is 18.2 Å². The summed E-state index contributed by atoms with van der Waals surface area (Å²) in [6.07, 6.45) is 8.11. The molecule has 5 rings (SSSR count). The average Bonchev–Trinajstić information content (AvgIpc) is 2.34. The van der Waals surface area contributed by atoms with E-state index >= 15 is 0 Å². The van der Waals surface area contributed by atoms with Crippen molar-refractivity contribution in [2.75, 3.05) is 5.32 Å². The van der Waals surface area contributed by atoms with Gasteiger partial charge in [0.1, 0.15) is 0 Å². The molecular weight excluding hydrogens is 288 g/mol. The van der Waals surface area contributed by atoms with Crippen molar-refractivity contribution in [1.29, 1.82) is 0 Å². The number of rotatable bonds is 2. The van der Waals surface area contributed by atoms with Crippen LogP contribution < -0.4 is 10.6 Å². The van der Waals surface area contributed by atoms with E-state index in [1.54, 1.807) is 0 Å². The first-order valence-electron chi connectivity index (χ1n) is 8.52. The third-order valence-corrected chi connectivity index (χ3v) is 6.24. The van der Waals surface area contributed by atoms with E-state index < -0.39 is 0 Å². The van der Waals surface area contributed by atoms with Crippen molar-refractivity contribution in [3.63, 3.8) is 0 Å². The van der Waals surface area contributed by atoms with E-state index in [4.69, 9.17) is 12.2 Å².